The van der Waals surface area contributed by atoms with Crippen LogP contribution in [0.15, 0.2) is 6.08 Å². The Kier molecular flexibility index (Phi) is 5.52. The summed E-state index contributed by atoms with van der Waals surface area (Å²) in [7, 11) is 0. The second kappa shape index (κ2) is 6.74. The molecule has 1 rings (SSSR count). The lowest BCUT2D eigenvalue weighted by molar-refractivity contribution is 0.0919. The van der Waals surface area contributed by atoms with Crippen LogP contribution < -0.4 is 5.32 Å². The summed E-state index contributed by atoms with van der Waals surface area (Å²) >= 11 is 0. The van der Waals surface area contributed by atoms with Gasteiger partial charge in [-0.2, -0.15) is 0 Å². The maximum absolute atomic E-state index is 13.9. The van der Waals surface area contributed by atoms with Gasteiger partial charge in [-0.15, -0.1) is 0 Å². The molecule has 0 bridgehead atoms. The predicted molar refractivity (Wildman–Crippen MR) is 72.7 cm³/mol. The van der Waals surface area contributed by atoms with Gasteiger partial charge in [0.2, 0.25) is 0 Å². The van der Waals surface area contributed by atoms with E-state index >= 15 is 0 Å². The van der Waals surface area contributed by atoms with Gasteiger partial charge in [-0.1, -0.05) is 26.0 Å². The molecule has 0 aliphatic rings. The first kappa shape index (κ1) is 17.2. The van der Waals surface area contributed by atoms with Crippen LogP contribution in [0.2, 0.25) is 0 Å². The number of hydrogen-bond donors (Lipinski definition) is 1. The lowest BCUT2D eigenvalue weighted by Gasteiger charge is -2.18. The number of hydrogen-bond acceptors (Lipinski definition) is 1. The fourth-order valence-corrected chi connectivity index (χ4v) is 1.61. The topological polar surface area (TPSA) is 29.1 Å². The summed E-state index contributed by atoms with van der Waals surface area (Å²) in [4.78, 5) is 11.8. The van der Waals surface area contributed by atoms with Crippen molar-refractivity contribution in [1.29, 1.82) is 0 Å². The molecule has 1 amide bonds. The highest BCUT2D eigenvalue weighted by Gasteiger charge is 2.29. The molecule has 0 saturated heterocycles. The molecule has 21 heavy (non-hydrogen) atoms. The number of rotatable bonds is 4. The number of carbonyl (C=O) groups is 1. The lowest BCUT2D eigenvalue weighted by Crippen LogP contribution is -2.37. The number of halogens is 4. The van der Waals surface area contributed by atoms with Gasteiger partial charge < -0.3 is 5.32 Å². The van der Waals surface area contributed by atoms with Crippen molar-refractivity contribution in [3.8, 4) is 0 Å². The molecule has 0 spiro atoms. The summed E-state index contributed by atoms with van der Waals surface area (Å²) in [6, 6.07) is -0.405. The molecule has 6 heteroatoms. The first-order valence-corrected chi connectivity index (χ1v) is 6.51. The van der Waals surface area contributed by atoms with Crippen LogP contribution in [0.1, 0.15) is 43.6 Å². The summed E-state index contributed by atoms with van der Waals surface area (Å²) in [5.41, 5.74) is -2.09. The molecule has 0 radical (unpaired) electrons. The Morgan fingerprint density at radius 3 is 1.86 bits per heavy atom. The Balaban J connectivity index is 3.35. The molecule has 0 heterocycles. The third kappa shape index (κ3) is 3.43. The van der Waals surface area contributed by atoms with Crippen molar-refractivity contribution in [2.75, 3.05) is 0 Å². The normalized spacial score (nSPS) is 13.0. The summed E-state index contributed by atoms with van der Waals surface area (Å²) < 4.78 is 55.2. The van der Waals surface area contributed by atoms with Crippen LogP contribution in [0, 0.1) is 29.2 Å². The van der Waals surface area contributed by atoms with E-state index in [-0.39, 0.29) is 5.92 Å². The Hall–Kier alpha value is -1.85. The second-order valence-electron chi connectivity index (χ2n) is 5.05. The van der Waals surface area contributed by atoms with Gasteiger partial charge in [0.05, 0.1) is 5.56 Å². The number of benzene rings is 1. The minimum absolute atomic E-state index is 0.00272. The smallest absolute Gasteiger partial charge is 0.257 e. The van der Waals surface area contributed by atoms with Crippen molar-refractivity contribution < 1.29 is 22.4 Å². The van der Waals surface area contributed by atoms with Crippen LogP contribution in [-0.4, -0.2) is 11.9 Å². The van der Waals surface area contributed by atoms with E-state index in [0.717, 1.165) is 6.08 Å². The summed E-state index contributed by atoms with van der Waals surface area (Å²) in [5, 5.41) is 2.31. The zero-order valence-corrected chi connectivity index (χ0v) is 12.2. The van der Waals surface area contributed by atoms with Gasteiger partial charge in [0.15, 0.2) is 23.3 Å². The van der Waals surface area contributed by atoms with Crippen molar-refractivity contribution in [3.63, 3.8) is 0 Å². The molecule has 0 saturated carbocycles. The maximum atomic E-state index is 13.9. The number of nitrogens with one attached hydrogen (secondary N) is 1. The fourth-order valence-electron chi connectivity index (χ4n) is 1.61. The van der Waals surface area contributed by atoms with Gasteiger partial charge in [-0.3, -0.25) is 4.79 Å². The van der Waals surface area contributed by atoms with Crippen LogP contribution in [0.4, 0.5) is 17.6 Å². The average molecular weight is 303 g/mol. The zero-order chi connectivity index (χ0) is 16.3. The Bertz CT molecular complexity index is 553. The molecule has 0 aliphatic carbocycles. The molecule has 0 fully saturated rings. The molecule has 1 atom stereocenters. The maximum Gasteiger partial charge on any atom is 0.257 e. The first-order chi connectivity index (χ1) is 9.72. The van der Waals surface area contributed by atoms with Crippen LogP contribution >= 0.6 is 0 Å². The van der Waals surface area contributed by atoms with Crippen molar-refractivity contribution in [2.45, 2.75) is 33.7 Å². The molecule has 0 aliphatic heterocycles. The highest BCUT2D eigenvalue weighted by molar-refractivity contribution is 5.95. The van der Waals surface area contributed by atoms with E-state index in [1.54, 1.807) is 20.8 Å². The average Bonchev–Trinajstić information content (AvgIpc) is 2.41. The van der Waals surface area contributed by atoms with E-state index in [4.69, 9.17) is 0 Å². The second-order valence-corrected chi connectivity index (χ2v) is 5.05. The summed E-state index contributed by atoms with van der Waals surface area (Å²) in [6.45, 7) is 6.64. The molecule has 1 aromatic rings. The number of carbonyl (C=O) groups excluding carboxylic acids is 1. The molecule has 2 nitrogen and oxygen atoms in total. The Morgan fingerprint density at radius 1 is 1.00 bits per heavy atom. The van der Waals surface area contributed by atoms with Gasteiger partial charge in [0.25, 0.3) is 5.91 Å². The van der Waals surface area contributed by atoms with Gasteiger partial charge >= 0.3 is 0 Å². The van der Waals surface area contributed by atoms with Crippen LogP contribution in [0.25, 0.3) is 6.08 Å². The largest absolute Gasteiger partial charge is 0.349 e. The van der Waals surface area contributed by atoms with Crippen molar-refractivity contribution in [3.05, 3.63) is 40.5 Å². The minimum Gasteiger partial charge on any atom is -0.349 e. The highest BCUT2D eigenvalue weighted by atomic mass is 19.2. The minimum atomic E-state index is -1.70. The van der Waals surface area contributed by atoms with E-state index in [0.29, 0.717) is 0 Å². The monoisotopic (exact) mass is 303 g/mol. The van der Waals surface area contributed by atoms with E-state index in [1.165, 1.54) is 13.0 Å². The van der Waals surface area contributed by atoms with E-state index in [2.05, 4.69) is 5.32 Å². The zero-order valence-electron chi connectivity index (χ0n) is 12.2. The third-order valence-corrected chi connectivity index (χ3v) is 3.22. The van der Waals surface area contributed by atoms with Crippen LogP contribution in [0.3, 0.4) is 0 Å². The van der Waals surface area contributed by atoms with Crippen LogP contribution in [-0.2, 0) is 0 Å². The standard InChI is InChI=1S/C15H17F4NO/c1-5-6-9-11(16)13(18)10(14(19)12(9)17)15(21)20-8(4)7(2)3/h5-8H,1-4H3,(H,20,21). The molecular weight excluding hydrogens is 286 g/mol. The predicted octanol–water partition coefficient (Wildman–Crippen LogP) is 4.05. The molecule has 0 aromatic heterocycles. The highest BCUT2D eigenvalue weighted by Crippen LogP contribution is 2.25. The number of amides is 1. The molecule has 1 N–H and O–H groups in total. The quantitative estimate of drug-likeness (QED) is 0.660. The van der Waals surface area contributed by atoms with Gasteiger partial charge in [0, 0.05) is 6.04 Å². The summed E-state index contributed by atoms with van der Waals surface area (Å²) in [6.07, 6.45) is 2.14. The fraction of sp³-hybridized carbons (Fsp3) is 0.400. The first-order valence-electron chi connectivity index (χ1n) is 6.51. The van der Waals surface area contributed by atoms with E-state index in [9.17, 15) is 22.4 Å². The number of allylic oxidation sites excluding steroid dienone is 1. The Morgan fingerprint density at radius 2 is 1.48 bits per heavy atom. The molecule has 1 aromatic carbocycles. The molecular formula is C15H17F4NO. The lowest BCUT2D eigenvalue weighted by atomic mass is 10.0. The van der Waals surface area contributed by atoms with Gasteiger partial charge in [-0.25, -0.2) is 17.6 Å². The molecule has 116 valence electrons. The SMILES string of the molecule is CC=Cc1c(F)c(F)c(C(=O)NC(C)C(C)C)c(F)c1F. The van der Waals surface area contributed by atoms with Gasteiger partial charge in [0.1, 0.15) is 5.56 Å². The van der Waals surface area contributed by atoms with E-state index < -0.39 is 46.3 Å². The van der Waals surface area contributed by atoms with E-state index in [1.807, 2.05) is 0 Å². The Labute approximate surface area is 120 Å². The summed E-state index contributed by atoms with van der Waals surface area (Å²) in [5.74, 6) is -7.76. The van der Waals surface area contributed by atoms with Crippen molar-refractivity contribution in [2.24, 2.45) is 5.92 Å². The van der Waals surface area contributed by atoms with Crippen molar-refractivity contribution >= 4 is 12.0 Å². The van der Waals surface area contributed by atoms with Crippen molar-refractivity contribution in [1.82, 2.24) is 5.32 Å². The third-order valence-electron chi connectivity index (χ3n) is 3.22. The van der Waals surface area contributed by atoms with Gasteiger partial charge in [-0.05, 0) is 19.8 Å². The van der Waals surface area contributed by atoms with Crippen LogP contribution in [0.5, 0.6) is 0 Å². The molecule has 1 unspecified atom stereocenters.